The summed E-state index contributed by atoms with van der Waals surface area (Å²) >= 11 is 0. The molecule has 0 unspecified atom stereocenters. The SMILES string of the molecule is COCC1(CNC(=O)c2cc(C)no2)CCNCC1. The number of carbonyl (C=O) groups is 1. The average molecular weight is 267 g/mol. The Kier molecular flexibility index (Phi) is 4.55. The van der Waals surface area contributed by atoms with Crippen LogP contribution in [-0.2, 0) is 4.74 Å². The number of rotatable bonds is 5. The van der Waals surface area contributed by atoms with Crippen LogP contribution < -0.4 is 10.6 Å². The van der Waals surface area contributed by atoms with Crippen LogP contribution in [0.1, 0.15) is 29.1 Å². The predicted octanol–water partition coefficient (Wildman–Crippen LogP) is 0.729. The van der Waals surface area contributed by atoms with Crippen molar-refractivity contribution in [3.8, 4) is 0 Å². The summed E-state index contributed by atoms with van der Waals surface area (Å²) in [6, 6.07) is 1.64. The van der Waals surface area contributed by atoms with Crippen LogP contribution in [0.4, 0.5) is 0 Å². The highest BCUT2D eigenvalue weighted by atomic mass is 16.5. The van der Waals surface area contributed by atoms with Gasteiger partial charge in [0, 0.05) is 25.1 Å². The second kappa shape index (κ2) is 6.16. The number of hydrogen-bond acceptors (Lipinski definition) is 5. The summed E-state index contributed by atoms with van der Waals surface area (Å²) in [5.74, 6) is 0.0496. The van der Waals surface area contributed by atoms with Gasteiger partial charge in [-0.05, 0) is 32.9 Å². The smallest absolute Gasteiger partial charge is 0.289 e. The molecule has 19 heavy (non-hydrogen) atoms. The van der Waals surface area contributed by atoms with Gasteiger partial charge >= 0.3 is 0 Å². The molecule has 0 aromatic carbocycles. The van der Waals surface area contributed by atoms with Gasteiger partial charge in [0.2, 0.25) is 5.76 Å². The molecule has 2 heterocycles. The number of aromatic nitrogens is 1. The first-order valence-electron chi connectivity index (χ1n) is 6.56. The zero-order valence-electron chi connectivity index (χ0n) is 11.5. The van der Waals surface area contributed by atoms with Gasteiger partial charge in [-0.25, -0.2) is 0 Å². The molecule has 0 spiro atoms. The fourth-order valence-corrected chi connectivity index (χ4v) is 2.46. The number of methoxy groups -OCH3 is 1. The van der Waals surface area contributed by atoms with Gasteiger partial charge in [-0.2, -0.15) is 0 Å². The second-order valence-corrected chi connectivity index (χ2v) is 5.20. The molecule has 106 valence electrons. The van der Waals surface area contributed by atoms with Crippen LogP contribution in [0.3, 0.4) is 0 Å². The molecule has 1 amide bonds. The fraction of sp³-hybridized carbons (Fsp3) is 0.692. The molecule has 1 aromatic heterocycles. The largest absolute Gasteiger partial charge is 0.384 e. The number of piperidine rings is 1. The zero-order chi connectivity index (χ0) is 13.7. The lowest BCUT2D eigenvalue weighted by atomic mass is 9.79. The Morgan fingerprint density at radius 3 is 2.89 bits per heavy atom. The molecule has 0 bridgehead atoms. The highest BCUT2D eigenvalue weighted by Crippen LogP contribution is 2.28. The summed E-state index contributed by atoms with van der Waals surface area (Å²) < 4.78 is 10.3. The first kappa shape index (κ1) is 14.0. The van der Waals surface area contributed by atoms with Crippen LogP contribution in [0.2, 0.25) is 0 Å². The van der Waals surface area contributed by atoms with Gasteiger partial charge < -0.3 is 19.9 Å². The van der Waals surface area contributed by atoms with Crippen LogP contribution >= 0.6 is 0 Å². The lowest BCUT2D eigenvalue weighted by Gasteiger charge is -2.37. The third-order valence-electron chi connectivity index (χ3n) is 3.59. The maximum absolute atomic E-state index is 11.9. The van der Waals surface area contributed by atoms with Crippen molar-refractivity contribution in [1.29, 1.82) is 0 Å². The van der Waals surface area contributed by atoms with E-state index in [4.69, 9.17) is 9.26 Å². The van der Waals surface area contributed by atoms with Gasteiger partial charge in [-0.1, -0.05) is 5.16 Å². The molecule has 0 radical (unpaired) electrons. The summed E-state index contributed by atoms with van der Waals surface area (Å²) in [5, 5.41) is 9.97. The topological polar surface area (TPSA) is 76.4 Å². The molecular formula is C13H21N3O3. The molecule has 6 nitrogen and oxygen atoms in total. The Labute approximate surface area is 112 Å². The summed E-state index contributed by atoms with van der Waals surface area (Å²) in [5.41, 5.74) is 0.726. The molecule has 1 aliphatic rings. The van der Waals surface area contributed by atoms with E-state index >= 15 is 0 Å². The average Bonchev–Trinajstić information content (AvgIpc) is 2.84. The second-order valence-electron chi connectivity index (χ2n) is 5.20. The van der Waals surface area contributed by atoms with Crippen LogP contribution in [0.25, 0.3) is 0 Å². The highest BCUT2D eigenvalue weighted by molar-refractivity contribution is 5.91. The van der Waals surface area contributed by atoms with Gasteiger partial charge in [0.1, 0.15) is 0 Å². The normalized spacial score (nSPS) is 18.2. The van der Waals surface area contributed by atoms with Gasteiger partial charge in [-0.15, -0.1) is 0 Å². The molecule has 1 fully saturated rings. The Balaban J connectivity index is 1.93. The molecule has 2 N–H and O–H groups in total. The van der Waals surface area contributed by atoms with Crippen LogP contribution in [-0.4, -0.2) is 44.4 Å². The van der Waals surface area contributed by atoms with Crippen molar-refractivity contribution in [3.63, 3.8) is 0 Å². The number of ether oxygens (including phenoxy) is 1. The van der Waals surface area contributed by atoms with E-state index in [1.807, 2.05) is 0 Å². The molecular weight excluding hydrogens is 246 g/mol. The third kappa shape index (κ3) is 3.54. The summed E-state index contributed by atoms with van der Waals surface area (Å²) in [7, 11) is 1.70. The monoisotopic (exact) mass is 267 g/mol. The van der Waals surface area contributed by atoms with E-state index in [0.717, 1.165) is 25.9 Å². The van der Waals surface area contributed by atoms with Crippen molar-refractivity contribution in [2.24, 2.45) is 5.41 Å². The van der Waals surface area contributed by atoms with Gasteiger partial charge in [0.15, 0.2) is 0 Å². The molecule has 6 heteroatoms. The lowest BCUT2D eigenvalue weighted by Crippen LogP contribution is -2.47. The molecule has 1 aliphatic heterocycles. The van der Waals surface area contributed by atoms with Crippen molar-refractivity contribution < 1.29 is 14.1 Å². The van der Waals surface area contributed by atoms with Crippen molar-refractivity contribution in [3.05, 3.63) is 17.5 Å². The van der Waals surface area contributed by atoms with Crippen LogP contribution in [0.15, 0.2) is 10.6 Å². The quantitative estimate of drug-likeness (QED) is 0.822. The molecule has 0 aliphatic carbocycles. The lowest BCUT2D eigenvalue weighted by molar-refractivity contribution is 0.0504. The highest BCUT2D eigenvalue weighted by Gasteiger charge is 2.32. The van der Waals surface area contributed by atoms with E-state index in [1.165, 1.54) is 0 Å². The summed E-state index contributed by atoms with van der Waals surface area (Å²) in [6.45, 7) is 4.96. The minimum atomic E-state index is -0.213. The standard InChI is InChI=1S/C13H21N3O3/c1-10-7-11(19-16-10)12(17)15-8-13(9-18-2)3-5-14-6-4-13/h7,14H,3-6,8-9H2,1-2H3,(H,15,17). The van der Waals surface area contributed by atoms with Crippen molar-refractivity contribution >= 4 is 5.91 Å². The maximum atomic E-state index is 11.9. The third-order valence-corrected chi connectivity index (χ3v) is 3.59. The first-order chi connectivity index (χ1) is 9.15. The first-order valence-corrected chi connectivity index (χ1v) is 6.56. The minimum absolute atomic E-state index is 0.0186. The number of aryl methyl sites for hydroxylation is 1. The number of nitrogens with zero attached hydrogens (tertiary/aromatic N) is 1. The Morgan fingerprint density at radius 2 is 2.32 bits per heavy atom. The number of nitrogens with one attached hydrogen (secondary N) is 2. The van der Waals surface area contributed by atoms with E-state index in [2.05, 4.69) is 15.8 Å². The number of hydrogen-bond donors (Lipinski definition) is 2. The maximum Gasteiger partial charge on any atom is 0.289 e. The van der Waals surface area contributed by atoms with E-state index in [-0.39, 0.29) is 17.1 Å². The van der Waals surface area contributed by atoms with Crippen LogP contribution in [0.5, 0.6) is 0 Å². The molecule has 1 aromatic rings. The van der Waals surface area contributed by atoms with E-state index in [0.29, 0.717) is 18.8 Å². The van der Waals surface area contributed by atoms with Crippen molar-refractivity contribution in [1.82, 2.24) is 15.8 Å². The molecule has 2 rings (SSSR count). The van der Waals surface area contributed by atoms with Crippen molar-refractivity contribution in [2.45, 2.75) is 19.8 Å². The van der Waals surface area contributed by atoms with Crippen LogP contribution in [0, 0.1) is 12.3 Å². The zero-order valence-corrected chi connectivity index (χ0v) is 11.5. The molecule has 1 saturated heterocycles. The van der Waals surface area contributed by atoms with Gasteiger partial charge in [-0.3, -0.25) is 4.79 Å². The Morgan fingerprint density at radius 1 is 1.58 bits per heavy atom. The van der Waals surface area contributed by atoms with E-state index in [1.54, 1.807) is 20.1 Å². The number of carbonyl (C=O) groups excluding carboxylic acids is 1. The molecule has 0 atom stereocenters. The van der Waals surface area contributed by atoms with E-state index in [9.17, 15) is 4.79 Å². The summed E-state index contributed by atoms with van der Waals surface area (Å²) in [4.78, 5) is 11.9. The van der Waals surface area contributed by atoms with Gasteiger partial charge in [0.25, 0.3) is 5.91 Å². The van der Waals surface area contributed by atoms with E-state index < -0.39 is 0 Å². The van der Waals surface area contributed by atoms with Gasteiger partial charge in [0.05, 0.1) is 12.3 Å². The number of amides is 1. The Bertz CT molecular complexity index is 419. The van der Waals surface area contributed by atoms with Crippen molar-refractivity contribution in [2.75, 3.05) is 33.4 Å². The molecule has 0 saturated carbocycles. The minimum Gasteiger partial charge on any atom is -0.384 e. The predicted molar refractivity (Wildman–Crippen MR) is 70.0 cm³/mol. The fourth-order valence-electron chi connectivity index (χ4n) is 2.46. The Hall–Kier alpha value is -1.40. The summed E-state index contributed by atoms with van der Waals surface area (Å²) in [6.07, 6.45) is 1.99.